The zero-order valence-electron chi connectivity index (χ0n) is 11.8. The third-order valence-electron chi connectivity index (χ3n) is 4.59. The van der Waals surface area contributed by atoms with Gasteiger partial charge in [-0.25, -0.2) is 0 Å². The minimum absolute atomic E-state index is 0.414. The fraction of sp³-hybridized carbons (Fsp3) is 0.933. The fourth-order valence-electron chi connectivity index (χ4n) is 3.34. The van der Waals surface area contributed by atoms with Crippen LogP contribution < -0.4 is 5.32 Å². The molecule has 2 saturated heterocycles. The highest BCUT2D eigenvalue weighted by Gasteiger charge is 2.24. The molecule has 18 heavy (non-hydrogen) atoms. The number of likely N-dealkylation sites (tertiary alicyclic amines) is 1. The topological polar surface area (TPSA) is 32.3 Å². The van der Waals surface area contributed by atoms with E-state index in [4.69, 9.17) is 0 Å². The van der Waals surface area contributed by atoms with E-state index in [-0.39, 0.29) is 0 Å². The van der Waals surface area contributed by atoms with Gasteiger partial charge in [-0.05, 0) is 50.6 Å². The van der Waals surface area contributed by atoms with Gasteiger partial charge in [0.15, 0.2) is 0 Å². The second-order valence-electron chi connectivity index (χ2n) is 6.01. The van der Waals surface area contributed by atoms with Crippen molar-refractivity contribution >= 4 is 5.91 Å². The third kappa shape index (κ3) is 3.98. The summed E-state index contributed by atoms with van der Waals surface area (Å²) in [5.74, 6) is 1.92. The number of hydrogen-bond acceptors (Lipinski definition) is 2. The summed E-state index contributed by atoms with van der Waals surface area (Å²) in [5, 5.41) is 3.36. The fourth-order valence-corrected chi connectivity index (χ4v) is 3.34. The maximum Gasteiger partial charge on any atom is 0.222 e. The molecule has 104 valence electrons. The lowest BCUT2D eigenvalue weighted by Crippen LogP contribution is -2.40. The van der Waals surface area contributed by atoms with Gasteiger partial charge in [0.1, 0.15) is 0 Å². The van der Waals surface area contributed by atoms with Crippen LogP contribution in [0.4, 0.5) is 0 Å². The summed E-state index contributed by atoms with van der Waals surface area (Å²) in [5.41, 5.74) is 0. The van der Waals surface area contributed by atoms with Gasteiger partial charge < -0.3 is 10.2 Å². The Morgan fingerprint density at radius 2 is 1.78 bits per heavy atom. The zero-order chi connectivity index (χ0) is 12.8. The van der Waals surface area contributed by atoms with E-state index in [0.29, 0.717) is 11.8 Å². The number of nitrogens with zero attached hydrogens (tertiary/aromatic N) is 1. The molecule has 0 aliphatic carbocycles. The normalized spacial score (nSPS) is 23.3. The van der Waals surface area contributed by atoms with E-state index in [0.717, 1.165) is 38.5 Å². The van der Waals surface area contributed by atoms with Crippen LogP contribution in [0.1, 0.15) is 51.9 Å². The molecule has 1 amide bonds. The standard InChI is InChI=1S/C15H28N2O/c1-2-3-13-6-10-17(11-7-13)15(18)12-14-4-8-16-9-5-14/h13-14,16H,2-12H2,1H3. The van der Waals surface area contributed by atoms with Crippen LogP contribution in [-0.4, -0.2) is 37.0 Å². The van der Waals surface area contributed by atoms with Crippen molar-refractivity contribution in [3.8, 4) is 0 Å². The van der Waals surface area contributed by atoms with Gasteiger partial charge in [0.05, 0.1) is 0 Å². The van der Waals surface area contributed by atoms with Crippen molar-refractivity contribution in [1.82, 2.24) is 10.2 Å². The summed E-state index contributed by atoms with van der Waals surface area (Å²) in [6, 6.07) is 0. The largest absolute Gasteiger partial charge is 0.343 e. The summed E-state index contributed by atoms with van der Waals surface area (Å²) in [6.07, 6.45) is 8.23. The van der Waals surface area contributed by atoms with Crippen LogP contribution >= 0.6 is 0 Å². The molecular weight excluding hydrogens is 224 g/mol. The molecule has 0 radical (unpaired) electrons. The Hall–Kier alpha value is -0.570. The number of amides is 1. The first-order valence-electron chi connectivity index (χ1n) is 7.78. The Bertz CT molecular complexity index is 253. The lowest BCUT2D eigenvalue weighted by Gasteiger charge is -2.33. The van der Waals surface area contributed by atoms with Gasteiger partial charge in [-0.3, -0.25) is 4.79 Å². The van der Waals surface area contributed by atoms with Crippen LogP contribution in [-0.2, 0) is 4.79 Å². The van der Waals surface area contributed by atoms with E-state index in [1.54, 1.807) is 0 Å². The van der Waals surface area contributed by atoms with Crippen LogP contribution in [0.15, 0.2) is 0 Å². The van der Waals surface area contributed by atoms with E-state index in [1.807, 2.05) is 0 Å². The smallest absolute Gasteiger partial charge is 0.222 e. The van der Waals surface area contributed by atoms with E-state index in [1.165, 1.54) is 38.5 Å². The monoisotopic (exact) mass is 252 g/mol. The first-order chi connectivity index (χ1) is 8.79. The number of nitrogens with one attached hydrogen (secondary N) is 1. The molecule has 1 N–H and O–H groups in total. The van der Waals surface area contributed by atoms with Gasteiger partial charge in [0.2, 0.25) is 5.91 Å². The first kappa shape index (κ1) is 13.9. The number of piperidine rings is 2. The van der Waals surface area contributed by atoms with Crippen LogP contribution in [0.2, 0.25) is 0 Å². The minimum Gasteiger partial charge on any atom is -0.343 e. The molecule has 0 spiro atoms. The summed E-state index contributed by atoms with van der Waals surface area (Å²) < 4.78 is 0. The van der Waals surface area contributed by atoms with Crippen LogP contribution in [0.3, 0.4) is 0 Å². The van der Waals surface area contributed by atoms with E-state index < -0.39 is 0 Å². The Morgan fingerprint density at radius 1 is 1.11 bits per heavy atom. The second kappa shape index (κ2) is 7.13. The zero-order valence-corrected chi connectivity index (χ0v) is 11.8. The molecule has 0 bridgehead atoms. The highest BCUT2D eigenvalue weighted by molar-refractivity contribution is 5.76. The molecule has 0 aromatic heterocycles. The maximum atomic E-state index is 12.2. The third-order valence-corrected chi connectivity index (χ3v) is 4.59. The van der Waals surface area contributed by atoms with Gasteiger partial charge in [-0.15, -0.1) is 0 Å². The Labute approximate surface area is 111 Å². The van der Waals surface area contributed by atoms with Crippen molar-refractivity contribution in [3.05, 3.63) is 0 Å². The Balaban J connectivity index is 1.70. The Morgan fingerprint density at radius 3 is 2.39 bits per heavy atom. The minimum atomic E-state index is 0.414. The molecule has 0 atom stereocenters. The van der Waals surface area contributed by atoms with E-state index in [2.05, 4.69) is 17.1 Å². The quantitative estimate of drug-likeness (QED) is 0.833. The van der Waals surface area contributed by atoms with Crippen LogP contribution in [0.25, 0.3) is 0 Å². The van der Waals surface area contributed by atoms with Gasteiger partial charge in [0.25, 0.3) is 0 Å². The van der Waals surface area contributed by atoms with Crippen molar-refractivity contribution in [2.75, 3.05) is 26.2 Å². The average molecular weight is 252 g/mol. The molecule has 2 aliphatic heterocycles. The summed E-state index contributed by atoms with van der Waals surface area (Å²) in [4.78, 5) is 14.4. The molecule has 3 heteroatoms. The molecular formula is C15H28N2O. The summed E-state index contributed by atoms with van der Waals surface area (Å²) in [7, 11) is 0. The number of rotatable bonds is 4. The number of carbonyl (C=O) groups excluding carboxylic acids is 1. The lowest BCUT2D eigenvalue weighted by molar-refractivity contribution is -0.133. The van der Waals surface area contributed by atoms with E-state index in [9.17, 15) is 4.79 Å². The average Bonchev–Trinajstić information content (AvgIpc) is 2.41. The van der Waals surface area contributed by atoms with Crippen molar-refractivity contribution in [2.24, 2.45) is 11.8 Å². The molecule has 2 aliphatic rings. The Kier molecular flexibility index (Phi) is 5.48. The number of hydrogen-bond donors (Lipinski definition) is 1. The van der Waals surface area contributed by atoms with E-state index >= 15 is 0 Å². The highest BCUT2D eigenvalue weighted by Crippen LogP contribution is 2.24. The molecule has 2 rings (SSSR count). The molecule has 0 unspecified atom stereocenters. The van der Waals surface area contributed by atoms with Gasteiger partial charge in [0, 0.05) is 19.5 Å². The van der Waals surface area contributed by atoms with Crippen LogP contribution in [0.5, 0.6) is 0 Å². The van der Waals surface area contributed by atoms with Gasteiger partial charge in [-0.1, -0.05) is 19.8 Å². The molecule has 0 saturated carbocycles. The number of carbonyl (C=O) groups is 1. The van der Waals surface area contributed by atoms with Gasteiger partial charge in [-0.2, -0.15) is 0 Å². The summed E-state index contributed by atoms with van der Waals surface area (Å²) in [6.45, 7) is 6.46. The predicted molar refractivity (Wildman–Crippen MR) is 74.4 cm³/mol. The van der Waals surface area contributed by atoms with Crippen molar-refractivity contribution in [2.45, 2.75) is 51.9 Å². The van der Waals surface area contributed by atoms with Gasteiger partial charge >= 0.3 is 0 Å². The molecule has 2 heterocycles. The molecule has 3 nitrogen and oxygen atoms in total. The SMILES string of the molecule is CCCC1CCN(C(=O)CC2CCNCC2)CC1. The van der Waals surface area contributed by atoms with Crippen molar-refractivity contribution < 1.29 is 4.79 Å². The van der Waals surface area contributed by atoms with Crippen molar-refractivity contribution in [1.29, 1.82) is 0 Å². The van der Waals surface area contributed by atoms with Crippen molar-refractivity contribution in [3.63, 3.8) is 0 Å². The maximum absolute atomic E-state index is 12.2. The molecule has 0 aromatic rings. The summed E-state index contributed by atoms with van der Waals surface area (Å²) >= 11 is 0. The lowest BCUT2D eigenvalue weighted by atomic mass is 9.91. The highest BCUT2D eigenvalue weighted by atomic mass is 16.2. The molecule has 2 fully saturated rings. The molecule has 0 aromatic carbocycles. The predicted octanol–water partition coefficient (Wildman–Crippen LogP) is 2.41. The second-order valence-corrected chi connectivity index (χ2v) is 6.01. The first-order valence-corrected chi connectivity index (χ1v) is 7.78. The van der Waals surface area contributed by atoms with Crippen LogP contribution in [0, 0.1) is 11.8 Å².